The Balaban J connectivity index is 2.42. The molecule has 0 spiro atoms. The van der Waals surface area contributed by atoms with E-state index in [-0.39, 0.29) is 5.56 Å². The van der Waals surface area contributed by atoms with Gasteiger partial charge in [0.05, 0.1) is 22.5 Å². The van der Waals surface area contributed by atoms with Crippen molar-refractivity contribution >= 4 is 27.6 Å². The summed E-state index contributed by atoms with van der Waals surface area (Å²) in [6.07, 6.45) is 4.81. The Hall–Kier alpha value is -2.70. The smallest absolute Gasteiger partial charge is 0.282 e. The van der Waals surface area contributed by atoms with E-state index in [0.29, 0.717) is 22.2 Å². The molecule has 2 N–H and O–H groups in total. The third kappa shape index (κ3) is 0.949. The van der Waals surface area contributed by atoms with E-state index in [4.69, 9.17) is 0 Å². The van der Waals surface area contributed by atoms with Gasteiger partial charge < -0.3 is 0 Å². The van der Waals surface area contributed by atoms with E-state index in [0.717, 1.165) is 5.39 Å². The number of hydrogen-bond donors (Lipinski definition) is 2. The first-order valence-electron chi connectivity index (χ1n) is 5.02. The lowest BCUT2D eigenvalue weighted by atomic mass is 10.2. The summed E-state index contributed by atoms with van der Waals surface area (Å²) in [5, 5.41) is 10.7. The molecule has 0 saturated carbocycles. The first-order valence-corrected chi connectivity index (χ1v) is 5.02. The van der Waals surface area contributed by atoms with E-state index in [9.17, 15) is 4.79 Å². The lowest BCUT2D eigenvalue weighted by molar-refractivity contribution is 0.915. The highest BCUT2D eigenvalue weighted by molar-refractivity contribution is 6.01. The molecule has 4 heterocycles. The number of fused-ring (bicyclic) bond motifs is 4. The van der Waals surface area contributed by atoms with Gasteiger partial charge in [-0.15, -0.1) is 0 Å². The highest BCUT2D eigenvalue weighted by atomic mass is 16.1. The van der Waals surface area contributed by atoms with Gasteiger partial charge in [-0.3, -0.25) is 15.0 Å². The van der Waals surface area contributed by atoms with Gasteiger partial charge in [-0.05, 0) is 0 Å². The summed E-state index contributed by atoms with van der Waals surface area (Å²) in [6.45, 7) is 0. The number of rotatable bonds is 0. The van der Waals surface area contributed by atoms with Crippen molar-refractivity contribution in [3.63, 3.8) is 0 Å². The predicted molar refractivity (Wildman–Crippen MR) is 60.8 cm³/mol. The Kier molecular flexibility index (Phi) is 1.34. The second-order valence-electron chi connectivity index (χ2n) is 3.73. The molecule has 0 aliphatic carbocycles. The van der Waals surface area contributed by atoms with Crippen LogP contribution < -0.4 is 5.56 Å². The second-order valence-corrected chi connectivity index (χ2v) is 3.73. The van der Waals surface area contributed by atoms with Crippen molar-refractivity contribution in [3.05, 3.63) is 35.0 Å². The molecule has 7 heteroatoms. The summed E-state index contributed by atoms with van der Waals surface area (Å²) >= 11 is 0. The average molecular weight is 226 g/mol. The molecular weight excluding hydrogens is 220 g/mol. The molecule has 0 aliphatic heterocycles. The van der Waals surface area contributed by atoms with Crippen LogP contribution >= 0.6 is 0 Å². The first kappa shape index (κ1) is 8.45. The molecule has 82 valence electrons. The van der Waals surface area contributed by atoms with Crippen LogP contribution in [0.5, 0.6) is 0 Å². The minimum atomic E-state index is -0.161. The van der Waals surface area contributed by atoms with Gasteiger partial charge >= 0.3 is 0 Å². The number of aromatic nitrogens is 6. The number of hydrogen-bond acceptors (Lipinski definition) is 4. The van der Waals surface area contributed by atoms with Crippen molar-refractivity contribution in [1.82, 2.24) is 29.8 Å². The summed E-state index contributed by atoms with van der Waals surface area (Å²) in [6, 6.07) is 1.74. The number of nitrogens with one attached hydrogen (secondary N) is 2. The summed E-state index contributed by atoms with van der Waals surface area (Å²) in [4.78, 5) is 20.7. The Morgan fingerprint density at radius 2 is 2.18 bits per heavy atom. The molecule has 4 aromatic rings. The fraction of sp³-hybridized carbons (Fsp3) is 0. The monoisotopic (exact) mass is 226 g/mol. The fourth-order valence-corrected chi connectivity index (χ4v) is 1.98. The molecule has 7 nitrogen and oxygen atoms in total. The largest absolute Gasteiger partial charge is 0.297 e. The van der Waals surface area contributed by atoms with E-state index in [2.05, 4.69) is 25.3 Å². The minimum absolute atomic E-state index is 0.161. The number of aromatic amines is 2. The van der Waals surface area contributed by atoms with Crippen LogP contribution in [0.3, 0.4) is 0 Å². The minimum Gasteiger partial charge on any atom is -0.297 e. The zero-order valence-corrected chi connectivity index (χ0v) is 8.51. The normalized spacial score (nSPS) is 11.8. The van der Waals surface area contributed by atoms with Crippen LogP contribution in [-0.4, -0.2) is 29.8 Å². The molecular formula is C10H6N6O. The fourth-order valence-electron chi connectivity index (χ4n) is 1.98. The molecule has 0 atom stereocenters. The molecule has 0 aliphatic rings. The highest BCUT2D eigenvalue weighted by Gasteiger charge is 2.10. The van der Waals surface area contributed by atoms with Gasteiger partial charge in [0.15, 0.2) is 11.3 Å². The van der Waals surface area contributed by atoms with Gasteiger partial charge in [-0.2, -0.15) is 5.10 Å². The van der Waals surface area contributed by atoms with Crippen molar-refractivity contribution in [2.24, 2.45) is 0 Å². The van der Waals surface area contributed by atoms with Crippen molar-refractivity contribution < 1.29 is 0 Å². The van der Waals surface area contributed by atoms with Crippen LogP contribution in [0, 0.1) is 0 Å². The van der Waals surface area contributed by atoms with E-state index in [1.807, 2.05) is 0 Å². The second kappa shape index (κ2) is 2.70. The zero-order chi connectivity index (χ0) is 11.4. The van der Waals surface area contributed by atoms with E-state index >= 15 is 0 Å². The third-order valence-electron chi connectivity index (χ3n) is 2.78. The van der Waals surface area contributed by atoms with Gasteiger partial charge in [-0.1, -0.05) is 0 Å². The average Bonchev–Trinajstić information content (AvgIpc) is 2.96. The van der Waals surface area contributed by atoms with E-state index < -0.39 is 0 Å². The van der Waals surface area contributed by atoms with Gasteiger partial charge in [0.1, 0.15) is 0 Å². The molecule has 4 aromatic heterocycles. The number of nitrogens with zero attached hydrogens (tertiary/aromatic N) is 4. The zero-order valence-electron chi connectivity index (χ0n) is 8.51. The van der Waals surface area contributed by atoms with Crippen LogP contribution in [0.1, 0.15) is 0 Å². The molecule has 0 radical (unpaired) electrons. The van der Waals surface area contributed by atoms with Crippen molar-refractivity contribution in [2.45, 2.75) is 0 Å². The maximum atomic E-state index is 12.1. The Morgan fingerprint density at radius 3 is 3.12 bits per heavy atom. The first-order chi connectivity index (χ1) is 8.34. The maximum Gasteiger partial charge on any atom is 0.282 e. The number of H-pyrrole nitrogens is 2. The van der Waals surface area contributed by atoms with Crippen molar-refractivity contribution in [3.8, 4) is 0 Å². The number of pyridine rings is 1. The Labute approximate surface area is 93.1 Å². The van der Waals surface area contributed by atoms with Crippen molar-refractivity contribution in [1.29, 1.82) is 0 Å². The van der Waals surface area contributed by atoms with Crippen LogP contribution in [0.2, 0.25) is 0 Å². The predicted octanol–water partition coefficient (Wildman–Crippen LogP) is 0.447. The van der Waals surface area contributed by atoms with Crippen LogP contribution in [0.25, 0.3) is 27.6 Å². The van der Waals surface area contributed by atoms with E-state index in [1.54, 1.807) is 18.5 Å². The van der Waals surface area contributed by atoms with Crippen LogP contribution in [0.4, 0.5) is 0 Å². The maximum absolute atomic E-state index is 12.1. The molecule has 0 unspecified atom stereocenters. The highest BCUT2D eigenvalue weighted by Crippen LogP contribution is 2.17. The Morgan fingerprint density at radius 1 is 1.24 bits per heavy atom. The van der Waals surface area contributed by atoms with Gasteiger partial charge in [-0.25, -0.2) is 14.5 Å². The topological polar surface area (TPSA) is 91.7 Å². The molecule has 0 aromatic carbocycles. The SMILES string of the molecule is O=c1c2cnc3[nH]ncc3c2nc2cc[nH]n12. The van der Waals surface area contributed by atoms with Crippen LogP contribution in [-0.2, 0) is 0 Å². The summed E-state index contributed by atoms with van der Waals surface area (Å²) < 4.78 is 1.38. The molecule has 0 saturated heterocycles. The Bertz CT molecular complexity index is 915. The van der Waals surface area contributed by atoms with Gasteiger partial charge in [0.25, 0.3) is 5.56 Å². The quantitative estimate of drug-likeness (QED) is 0.455. The molecule has 0 amide bonds. The lowest BCUT2D eigenvalue weighted by Gasteiger charge is -1.98. The summed E-state index contributed by atoms with van der Waals surface area (Å²) in [5.41, 5.74) is 1.67. The molecule has 4 rings (SSSR count). The van der Waals surface area contributed by atoms with Gasteiger partial charge in [0.2, 0.25) is 0 Å². The molecule has 17 heavy (non-hydrogen) atoms. The molecule has 0 fully saturated rings. The summed E-state index contributed by atoms with van der Waals surface area (Å²) in [5.74, 6) is 0. The van der Waals surface area contributed by atoms with Crippen molar-refractivity contribution in [2.75, 3.05) is 0 Å². The van der Waals surface area contributed by atoms with Crippen LogP contribution in [0.15, 0.2) is 29.5 Å². The van der Waals surface area contributed by atoms with E-state index in [1.165, 1.54) is 10.7 Å². The standard InChI is InChI=1S/C10H6N6O/c17-10-6-3-11-9-5(4-12-15-9)8(6)14-7-1-2-13-16(7)10/h1-4,13H,(H,11,12,15). The third-order valence-corrected chi connectivity index (χ3v) is 2.78. The summed E-state index contributed by atoms with van der Waals surface area (Å²) in [7, 11) is 0. The van der Waals surface area contributed by atoms with Gasteiger partial charge in [0, 0.05) is 18.5 Å². The lowest BCUT2D eigenvalue weighted by Crippen LogP contribution is -2.15. The molecule has 0 bridgehead atoms.